The molecule has 0 fully saturated rings. The highest BCUT2D eigenvalue weighted by molar-refractivity contribution is 5.90. The predicted octanol–water partition coefficient (Wildman–Crippen LogP) is 4.32. The number of carbonyl (C=O) groups excluding carboxylic acids is 1. The van der Waals surface area contributed by atoms with Crippen LogP contribution in [0.3, 0.4) is 0 Å². The van der Waals surface area contributed by atoms with Gasteiger partial charge in [-0.25, -0.2) is 9.18 Å². The number of ether oxygens (including phenoxy) is 3. The summed E-state index contributed by atoms with van der Waals surface area (Å²) in [5.41, 5.74) is 1.53. The van der Waals surface area contributed by atoms with E-state index in [9.17, 15) is 4.79 Å². The van der Waals surface area contributed by atoms with Gasteiger partial charge in [0, 0.05) is 16.7 Å². The van der Waals surface area contributed by atoms with Gasteiger partial charge in [0.15, 0.2) is 17.2 Å². The van der Waals surface area contributed by atoms with E-state index in [1.165, 1.54) is 17.3 Å². The molecule has 166 valence electrons. The first-order chi connectivity index (χ1) is 15.3. The largest absolute Gasteiger partial charge is 0.493 e. The van der Waals surface area contributed by atoms with Gasteiger partial charge >= 0.3 is 6.09 Å². The van der Waals surface area contributed by atoms with Gasteiger partial charge in [-0.15, -0.1) is 10.2 Å². The highest BCUT2D eigenvalue weighted by Crippen LogP contribution is 2.43. The Labute approximate surface area is 184 Å². The van der Waals surface area contributed by atoms with Crippen molar-refractivity contribution in [3.63, 3.8) is 0 Å². The number of anilines is 1. The van der Waals surface area contributed by atoms with Crippen molar-refractivity contribution < 1.29 is 23.4 Å². The number of hydrogen-bond acceptors (Lipinski definition) is 6. The minimum absolute atomic E-state index is 0.0686. The Bertz CT molecular complexity index is 1250. The van der Waals surface area contributed by atoms with Crippen LogP contribution in [0.2, 0.25) is 0 Å². The van der Waals surface area contributed by atoms with Gasteiger partial charge in [-0.05, 0) is 39.0 Å². The molecule has 0 N–H and O–H groups in total. The number of pyridine rings is 1. The fourth-order valence-electron chi connectivity index (χ4n) is 4.14. The standard InChI is InChI=1S/C23H23FN4O4/c1-5-13-8-18-21(28-12-25-26-20(13)28)27(22(29)32-23(2,3)4)9-15-16(24)6-7-17-19(15)14(10-30-17)11-31-18/h5-8,12,14H,1,9-11H2,2-4H3/t14-/m1/s1. The van der Waals surface area contributed by atoms with Gasteiger partial charge in [0.05, 0.1) is 25.7 Å². The number of amides is 1. The molecule has 0 saturated heterocycles. The fourth-order valence-corrected chi connectivity index (χ4v) is 4.14. The molecule has 0 saturated carbocycles. The zero-order valence-corrected chi connectivity index (χ0v) is 18.1. The smallest absolute Gasteiger partial charge is 0.416 e. The van der Waals surface area contributed by atoms with E-state index in [-0.39, 0.29) is 19.1 Å². The maximum Gasteiger partial charge on any atom is 0.416 e. The lowest BCUT2D eigenvalue weighted by atomic mass is 9.95. The van der Waals surface area contributed by atoms with E-state index >= 15 is 4.39 Å². The minimum Gasteiger partial charge on any atom is -0.493 e. The second-order valence-electron chi connectivity index (χ2n) is 8.84. The highest BCUT2D eigenvalue weighted by atomic mass is 19.1. The van der Waals surface area contributed by atoms with Crippen molar-refractivity contribution in [3.8, 4) is 11.5 Å². The average Bonchev–Trinajstić information content (AvgIpc) is 3.37. The van der Waals surface area contributed by atoms with Crippen LogP contribution < -0.4 is 14.4 Å². The second kappa shape index (κ2) is 7.22. The number of nitrogens with zero attached hydrogens (tertiary/aromatic N) is 4. The highest BCUT2D eigenvalue weighted by Gasteiger charge is 2.36. The van der Waals surface area contributed by atoms with Crippen LogP contribution in [0.25, 0.3) is 11.7 Å². The van der Waals surface area contributed by atoms with E-state index in [0.717, 1.165) is 5.56 Å². The Kier molecular flexibility index (Phi) is 4.58. The van der Waals surface area contributed by atoms with Crippen molar-refractivity contribution >= 4 is 23.6 Å². The molecule has 8 nitrogen and oxygen atoms in total. The summed E-state index contributed by atoms with van der Waals surface area (Å²) in [5.74, 6) is 0.790. The first kappa shape index (κ1) is 20.3. The van der Waals surface area contributed by atoms with Crippen molar-refractivity contribution in [2.75, 3.05) is 18.1 Å². The number of fused-ring (bicyclic) bond motifs is 3. The van der Waals surface area contributed by atoms with Crippen LogP contribution >= 0.6 is 0 Å². The fraction of sp³-hybridized carbons (Fsp3) is 0.348. The molecule has 0 spiro atoms. The summed E-state index contributed by atoms with van der Waals surface area (Å²) in [6.45, 7) is 9.73. The van der Waals surface area contributed by atoms with E-state index in [2.05, 4.69) is 16.8 Å². The molecule has 1 atom stereocenters. The molecule has 5 rings (SSSR count). The number of hydrogen-bond donors (Lipinski definition) is 0. The van der Waals surface area contributed by atoms with Crippen LogP contribution in [-0.2, 0) is 11.3 Å². The van der Waals surface area contributed by atoms with Crippen LogP contribution in [0.4, 0.5) is 15.0 Å². The van der Waals surface area contributed by atoms with Crippen LogP contribution in [0.15, 0.2) is 31.1 Å². The SMILES string of the molecule is C=Cc1cc2c(n3cnnc13)N(C(=O)OC(C)(C)C)Cc1c(F)ccc3c1[C@H](CO3)CO2. The molecule has 0 bridgehead atoms. The first-order valence-corrected chi connectivity index (χ1v) is 10.3. The molecule has 0 radical (unpaired) electrons. The number of carbonyl (C=O) groups is 1. The topological polar surface area (TPSA) is 78.2 Å². The summed E-state index contributed by atoms with van der Waals surface area (Å²) in [6, 6.07) is 4.73. The van der Waals surface area contributed by atoms with Crippen molar-refractivity contribution in [1.29, 1.82) is 0 Å². The molecule has 1 amide bonds. The zero-order valence-electron chi connectivity index (χ0n) is 18.1. The molecular weight excluding hydrogens is 415 g/mol. The Morgan fingerprint density at radius 3 is 2.75 bits per heavy atom. The van der Waals surface area contributed by atoms with Gasteiger partial charge in [0.2, 0.25) is 0 Å². The Balaban J connectivity index is 1.76. The first-order valence-electron chi connectivity index (χ1n) is 10.3. The molecule has 4 heterocycles. The molecule has 3 aromatic rings. The van der Waals surface area contributed by atoms with Gasteiger partial charge in [-0.2, -0.15) is 0 Å². The van der Waals surface area contributed by atoms with Crippen LogP contribution in [-0.4, -0.2) is 39.5 Å². The molecule has 32 heavy (non-hydrogen) atoms. The summed E-state index contributed by atoms with van der Waals surface area (Å²) in [5, 5.41) is 8.16. The summed E-state index contributed by atoms with van der Waals surface area (Å²) in [6.07, 6.45) is 2.49. The monoisotopic (exact) mass is 438 g/mol. The lowest BCUT2D eigenvalue weighted by molar-refractivity contribution is 0.0574. The number of rotatable bonds is 1. The molecule has 2 aliphatic heterocycles. The van der Waals surface area contributed by atoms with E-state index in [0.29, 0.717) is 40.7 Å². The van der Waals surface area contributed by atoms with E-state index in [1.54, 1.807) is 43.4 Å². The van der Waals surface area contributed by atoms with Gasteiger partial charge < -0.3 is 14.2 Å². The third-order valence-electron chi connectivity index (χ3n) is 5.50. The quantitative estimate of drug-likeness (QED) is 0.563. The number of halogens is 1. The van der Waals surface area contributed by atoms with Gasteiger partial charge in [0.1, 0.15) is 23.5 Å². The lowest BCUT2D eigenvalue weighted by Gasteiger charge is -2.29. The maximum absolute atomic E-state index is 15.1. The van der Waals surface area contributed by atoms with Crippen LogP contribution in [0.5, 0.6) is 11.5 Å². The minimum atomic E-state index is -0.757. The Hall–Kier alpha value is -3.62. The zero-order chi connectivity index (χ0) is 22.6. The summed E-state index contributed by atoms with van der Waals surface area (Å²) >= 11 is 0. The lowest BCUT2D eigenvalue weighted by Crippen LogP contribution is -2.38. The predicted molar refractivity (Wildman–Crippen MR) is 116 cm³/mol. The molecule has 0 unspecified atom stereocenters. The van der Waals surface area contributed by atoms with Gasteiger partial charge in [-0.1, -0.05) is 12.7 Å². The molecule has 9 heteroatoms. The maximum atomic E-state index is 15.1. The Morgan fingerprint density at radius 1 is 1.28 bits per heavy atom. The van der Waals surface area contributed by atoms with Gasteiger partial charge in [-0.3, -0.25) is 9.30 Å². The number of aromatic nitrogens is 3. The van der Waals surface area contributed by atoms with E-state index in [4.69, 9.17) is 14.2 Å². The van der Waals surface area contributed by atoms with Crippen LogP contribution in [0.1, 0.15) is 43.4 Å². The van der Waals surface area contributed by atoms with Gasteiger partial charge in [0.25, 0.3) is 0 Å². The van der Waals surface area contributed by atoms with Crippen molar-refractivity contribution in [2.45, 2.75) is 38.8 Å². The van der Waals surface area contributed by atoms with Crippen LogP contribution in [0, 0.1) is 5.82 Å². The number of benzene rings is 1. The molecule has 2 aliphatic rings. The molecule has 2 aromatic heterocycles. The molecule has 0 aliphatic carbocycles. The average molecular weight is 438 g/mol. The van der Waals surface area contributed by atoms with Crippen molar-refractivity contribution in [3.05, 3.63) is 53.6 Å². The Morgan fingerprint density at radius 2 is 2.03 bits per heavy atom. The summed E-state index contributed by atoms with van der Waals surface area (Å²) in [7, 11) is 0. The molecular formula is C23H23FN4O4. The van der Waals surface area contributed by atoms with Crippen molar-refractivity contribution in [1.82, 2.24) is 14.6 Å². The van der Waals surface area contributed by atoms with Crippen molar-refractivity contribution in [2.24, 2.45) is 0 Å². The summed E-state index contributed by atoms with van der Waals surface area (Å²) in [4.78, 5) is 14.8. The molecule has 1 aromatic carbocycles. The van der Waals surface area contributed by atoms with E-state index in [1.807, 2.05) is 0 Å². The second-order valence-corrected chi connectivity index (χ2v) is 8.84. The van der Waals surface area contributed by atoms with E-state index < -0.39 is 17.5 Å². The summed E-state index contributed by atoms with van der Waals surface area (Å²) < 4.78 is 34.4. The normalized spacial score (nSPS) is 17.4. The third-order valence-corrected chi connectivity index (χ3v) is 5.50. The third kappa shape index (κ3) is 3.24.